The fourth-order valence-electron chi connectivity index (χ4n) is 1.63. The van der Waals surface area contributed by atoms with Gasteiger partial charge >= 0.3 is 0 Å². The maximum atomic E-state index is 13.0. The highest BCUT2D eigenvalue weighted by Gasteiger charge is 2.03. The standard InChI is InChI=1S/C12H13ClFN3/c1-8-5-10(17(2)16-8)7-15-9-3-4-12(14)11(13)6-9/h3-6,15H,7H2,1-2H3. The van der Waals surface area contributed by atoms with Crippen molar-refractivity contribution in [3.05, 3.63) is 46.5 Å². The van der Waals surface area contributed by atoms with Crippen LogP contribution in [0.15, 0.2) is 24.3 Å². The van der Waals surface area contributed by atoms with Crippen LogP contribution in [0.3, 0.4) is 0 Å². The summed E-state index contributed by atoms with van der Waals surface area (Å²) in [5.41, 5.74) is 2.82. The lowest BCUT2D eigenvalue weighted by atomic mass is 10.3. The molecule has 1 aromatic carbocycles. The van der Waals surface area contributed by atoms with Crippen LogP contribution in [0, 0.1) is 12.7 Å². The van der Waals surface area contributed by atoms with Gasteiger partial charge in [-0.15, -0.1) is 0 Å². The Labute approximate surface area is 104 Å². The summed E-state index contributed by atoms with van der Waals surface area (Å²) in [6.45, 7) is 2.57. The van der Waals surface area contributed by atoms with Gasteiger partial charge in [-0.05, 0) is 31.2 Å². The van der Waals surface area contributed by atoms with Crippen molar-refractivity contribution in [3.8, 4) is 0 Å². The lowest BCUT2D eigenvalue weighted by Gasteiger charge is -2.07. The Bertz CT molecular complexity index is 537. The highest BCUT2D eigenvalue weighted by molar-refractivity contribution is 6.31. The average Bonchev–Trinajstić information content (AvgIpc) is 2.59. The van der Waals surface area contributed by atoms with E-state index in [0.29, 0.717) is 6.54 Å². The molecule has 0 unspecified atom stereocenters. The molecule has 3 nitrogen and oxygen atoms in total. The zero-order chi connectivity index (χ0) is 12.4. The minimum absolute atomic E-state index is 0.121. The first kappa shape index (κ1) is 11.9. The third-order valence-corrected chi connectivity index (χ3v) is 2.78. The molecule has 0 saturated carbocycles. The molecule has 17 heavy (non-hydrogen) atoms. The predicted octanol–water partition coefficient (Wildman–Crippen LogP) is 3.13. The maximum Gasteiger partial charge on any atom is 0.141 e. The number of halogens is 2. The van der Waals surface area contributed by atoms with E-state index < -0.39 is 5.82 Å². The number of hydrogen-bond acceptors (Lipinski definition) is 2. The van der Waals surface area contributed by atoms with E-state index in [1.807, 2.05) is 24.7 Å². The summed E-state index contributed by atoms with van der Waals surface area (Å²) in [6, 6.07) is 6.57. The molecule has 2 rings (SSSR count). The van der Waals surface area contributed by atoms with E-state index in [2.05, 4.69) is 10.4 Å². The first-order valence-electron chi connectivity index (χ1n) is 5.24. The Balaban J connectivity index is 2.07. The molecule has 0 fully saturated rings. The molecule has 2 aromatic rings. The van der Waals surface area contributed by atoms with Crippen molar-refractivity contribution in [1.82, 2.24) is 9.78 Å². The first-order chi connectivity index (χ1) is 8.06. The average molecular weight is 254 g/mol. The van der Waals surface area contributed by atoms with E-state index in [1.165, 1.54) is 6.07 Å². The van der Waals surface area contributed by atoms with Crippen molar-refractivity contribution < 1.29 is 4.39 Å². The van der Waals surface area contributed by atoms with E-state index in [4.69, 9.17) is 11.6 Å². The van der Waals surface area contributed by atoms with Gasteiger partial charge in [0.15, 0.2) is 0 Å². The van der Waals surface area contributed by atoms with Gasteiger partial charge in [0.05, 0.1) is 23.0 Å². The zero-order valence-corrected chi connectivity index (χ0v) is 10.4. The summed E-state index contributed by atoms with van der Waals surface area (Å²) in [5, 5.41) is 7.54. The van der Waals surface area contributed by atoms with Crippen LogP contribution in [0.25, 0.3) is 0 Å². The molecule has 1 N–H and O–H groups in total. The lowest BCUT2D eigenvalue weighted by molar-refractivity contribution is 0.628. The van der Waals surface area contributed by atoms with Crippen LogP contribution < -0.4 is 5.32 Å². The number of aromatic nitrogens is 2. The SMILES string of the molecule is Cc1cc(CNc2ccc(F)c(Cl)c2)n(C)n1. The van der Waals surface area contributed by atoms with Crippen molar-refractivity contribution in [2.45, 2.75) is 13.5 Å². The molecule has 0 aliphatic heterocycles. The van der Waals surface area contributed by atoms with E-state index in [9.17, 15) is 4.39 Å². The van der Waals surface area contributed by atoms with Crippen molar-refractivity contribution in [3.63, 3.8) is 0 Å². The Kier molecular flexibility index (Phi) is 3.33. The molecule has 5 heteroatoms. The monoisotopic (exact) mass is 253 g/mol. The van der Waals surface area contributed by atoms with Gasteiger partial charge in [0.2, 0.25) is 0 Å². The maximum absolute atomic E-state index is 13.0. The van der Waals surface area contributed by atoms with E-state index >= 15 is 0 Å². The predicted molar refractivity (Wildman–Crippen MR) is 66.7 cm³/mol. The second-order valence-corrected chi connectivity index (χ2v) is 4.29. The van der Waals surface area contributed by atoms with Crippen LogP contribution in [-0.2, 0) is 13.6 Å². The summed E-state index contributed by atoms with van der Waals surface area (Å²) < 4.78 is 14.8. The third-order valence-electron chi connectivity index (χ3n) is 2.49. The summed E-state index contributed by atoms with van der Waals surface area (Å²) in [7, 11) is 1.89. The molecule has 0 amide bonds. The van der Waals surface area contributed by atoms with Gasteiger partial charge in [-0.2, -0.15) is 5.10 Å². The molecule has 1 aromatic heterocycles. The number of anilines is 1. The number of hydrogen-bond donors (Lipinski definition) is 1. The van der Waals surface area contributed by atoms with Crippen molar-refractivity contribution >= 4 is 17.3 Å². The molecule has 90 valence electrons. The minimum atomic E-state index is -0.409. The van der Waals surface area contributed by atoms with E-state index in [1.54, 1.807) is 12.1 Å². The number of nitrogens with one attached hydrogen (secondary N) is 1. The number of rotatable bonds is 3. The third kappa shape index (κ3) is 2.77. The van der Waals surface area contributed by atoms with Crippen LogP contribution in [0.1, 0.15) is 11.4 Å². The molecule has 0 spiro atoms. The van der Waals surface area contributed by atoms with Crippen LogP contribution in [-0.4, -0.2) is 9.78 Å². The molecule has 0 radical (unpaired) electrons. The number of nitrogens with zero attached hydrogens (tertiary/aromatic N) is 2. The van der Waals surface area contributed by atoms with Crippen molar-refractivity contribution in [1.29, 1.82) is 0 Å². The Morgan fingerprint density at radius 2 is 2.18 bits per heavy atom. The second-order valence-electron chi connectivity index (χ2n) is 3.88. The summed E-state index contributed by atoms with van der Waals surface area (Å²) in [4.78, 5) is 0. The fraction of sp³-hybridized carbons (Fsp3) is 0.250. The molecular formula is C12H13ClFN3. The summed E-state index contributed by atoms with van der Waals surface area (Å²) >= 11 is 5.70. The Morgan fingerprint density at radius 3 is 2.76 bits per heavy atom. The van der Waals surface area contributed by atoms with E-state index in [-0.39, 0.29) is 5.02 Å². The van der Waals surface area contributed by atoms with Crippen LogP contribution >= 0.6 is 11.6 Å². The highest BCUT2D eigenvalue weighted by atomic mass is 35.5. The molecule has 0 saturated heterocycles. The second kappa shape index (κ2) is 4.75. The van der Waals surface area contributed by atoms with Gasteiger partial charge in [-0.3, -0.25) is 4.68 Å². The number of benzene rings is 1. The van der Waals surface area contributed by atoms with Gasteiger partial charge in [0.25, 0.3) is 0 Å². The van der Waals surface area contributed by atoms with Gasteiger partial charge in [0.1, 0.15) is 5.82 Å². The molecule has 0 bridgehead atoms. The van der Waals surface area contributed by atoms with E-state index in [0.717, 1.165) is 17.1 Å². The largest absolute Gasteiger partial charge is 0.379 e. The van der Waals surface area contributed by atoms with Gasteiger partial charge in [-0.25, -0.2) is 4.39 Å². The lowest BCUT2D eigenvalue weighted by Crippen LogP contribution is -2.05. The van der Waals surface area contributed by atoms with Gasteiger partial charge in [-0.1, -0.05) is 11.6 Å². The summed E-state index contributed by atoms with van der Waals surface area (Å²) in [6.07, 6.45) is 0. The smallest absolute Gasteiger partial charge is 0.141 e. The summed E-state index contributed by atoms with van der Waals surface area (Å²) in [5.74, 6) is -0.409. The highest BCUT2D eigenvalue weighted by Crippen LogP contribution is 2.19. The van der Waals surface area contributed by atoms with Gasteiger partial charge < -0.3 is 5.32 Å². The molecule has 0 aliphatic carbocycles. The van der Waals surface area contributed by atoms with Crippen LogP contribution in [0.2, 0.25) is 5.02 Å². The van der Waals surface area contributed by atoms with Crippen LogP contribution in [0.4, 0.5) is 10.1 Å². The quantitative estimate of drug-likeness (QED) is 0.911. The molecular weight excluding hydrogens is 241 g/mol. The van der Waals surface area contributed by atoms with Crippen LogP contribution in [0.5, 0.6) is 0 Å². The van der Waals surface area contributed by atoms with Crippen molar-refractivity contribution in [2.24, 2.45) is 7.05 Å². The number of aryl methyl sites for hydroxylation is 2. The Hall–Kier alpha value is -1.55. The molecule has 0 atom stereocenters. The molecule has 1 heterocycles. The fourth-order valence-corrected chi connectivity index (χ4v) is 1.81. The Morgan fingerprint density at radius 1 is 1.41 bits per heavy atom. The van der Waals surface area contributed by atoms with Gasteiger partial charge in [0, 0.05) is 12.7 Å². The molecule has 0 aliphatic rings. The first-order valence-corrected chi connectivity index (χ1v) is 5.62. The zero-order valence-electron chi connectivity index (χ0n) is 9.67. The topological polar surface area (TPSA) is 29.9 Å². The minimum Gasteiger partial charge on any atom is -0.379 e. The van der Waals surface area contributed by atoms with Crippen molar-refractivity contribution in [2.75, 3.05) is 5.32 Å². The normalized spacial score (nSPS) is 10.6.